The Kier molecular flexibility index (Phi) is 2.59. The molecule has 0 spiro atoms. The molecule has 0 aromatic heterocycles. The van der Waals surface area contributed by atoms with Gasteiger partial charge in [-0.3, -0.25) is 4.90 Å². The van der Waals surface area contributed by atoms with Gasteiger partial charge >= 0.3 is 6.03 Å². The lowest BCUT2D eigenvalue weighted by Gasteiger charge is -2.31. The first kappa shape index (κ1) is 11.0. The molecule has 4 nitrogen and oxygen atoms in total. The Bertz CT molecular complexity index is 414. The van der Waals surface area contributed by atoms with E-state index in [2.05, 4.69) is 5.32 Å². The van der Waals surface area contributed by atoms with Crippen LogP contribution in [0.25, 0.3) is 0 Å². The van der Waals surface area contributed by atoms with Crippen molar-refractivity contribution in [2.24, 2.45) is 5.73 Å². The number of nitrogens with two attached hydrogens (primary N) is 1. The molecule has 1 aromatic rings. The normalized spacial score (nSPS) is 18.7. The van der Waals surface area contributed by atoms with Gasteiger partial charge in [0.1, 0.15) is 0 Å². The largest absolute Gasteiger partial charge is 0.335 e. The lowest BCUT2D eigenvalue weighted by atomic mass is 10.0. The van der Waals surface area contributed by atoms with E-state index in [0.29, 0.717) is 13.1 Å². The van der Waals surface area contributed by atoms with Crippen LogP contribution in [0, 0.1) is 0 Å². The van der Waals surface area contributed by atoms with Gasteiger partial charge in [-0.25, -0.2) is 4.79 Å². The zero-order valence-corrected chi connectivity index (χ0v) is 9.66. The van der Waals surface area contributed by atoms with Crippen LogP contribution in [0.5, 0.6) is 0 Å². The maximum absolute atomic E-state index is 11.8. The van der Waals surface area contributed by atoms with Gasteiger partial charge in [-0.15, -0.1) is 0 Å². The summed E-state index contributed by atoms with van der Waals surface area (Å²) in [5, 5.41) is 2.86. The van der Waals surface area contributed by atoms with Crippen molar-refractivity contribution in [2.75, 3.05) is 11.4 Å². The third-order valence-electron chi connectivity index (χ3n) is 2.93. The molecule has 2 rings (SSSR count). The highest BCUT2D eigenvalue weighted by Gasteiger charge is 2.39. The third-order valence-corrected chi connectivity index (χ3v) is 2.93. The number of anilines is 1. The van der Waals surface area contributed by atoms with Gasteiger partial charge in [0.25, 0.3) is 0 Å². The second-order valence-corrected chi connectivity index (χ2v) is 4.64. The first-order chi connectivity index (χ1) is 7.56. The van der Waals surface area contributed by atoms with Crippen LogP contribution in [0.4, 0.5) is 10.5 Å². The van der Waals surface area contributed by atoms with Crippen molar-refractivity contribution in [3.63, 3.8) is 0 Å². The summed E-state index contributed by atoms with van der Waals surface area (Å²) in [5.41, 5.74) is 7.39. The molecule has 2 amide bonds. The maximum Gasteiger partial charge on any atom is 0.322 e. The summed E-state index contributed by atoms with van der Waals surface area (Å²) in [6.45, 7) is 5.18. The number of amides is 2. The number of benzene rings is 1. The number of nitrogens with zero attached hydrogens (tertiary/aromatic N) is 1. The Hall–Kier alpha value is -1.55. The van der Waals surface area contributed by atoms with E-state index in [1.807, 2.05) is 38.1 Å². The van der Waals surface area contributed by atoms with Crippen LogP contribution in [0.15, 0.2) is 24.3 Å². The molecule has 1 saturated heterocycles. The molecule has 1 fully saturated rings. The van der Waals surface area contributed by atoms with E-state index in [4.69, 9.17) is 5.73 Å². The molecule has 86 valence electrons. The predicted octanol–water partition coefficient (Wildman–Crippen LogP) is 1.45. The van der Waals surface area contributed by atoms with Gasteiger partial charge in [-0.05, 0) is 25.5 Å². The molecule has 0 saturated carbocycles. The molecular formula is C12H17N3O. The minimum absolute atomic E-state index is 0.0501. The topological polar surface area (TPSA) is 58.4 Å². The molecule has 1 aliphatic rings. The van der Waals surface area contributed by atoms with Gasteiger partial charge in [0, 0.05) is 13.1 Å². The fraction of sp³-hybridized carbons (Fsp3) is 0.417. The highest BCUT2D eigenvalue weighted by molar-refractivity contribution is 5.96. The van der Waals surface area contributed by atoms with Crippen LogP contribution in [-0.2, 0) is 6.54 Å². The number of urea groups is 1. The average molecular weight is 219 g/mol. The Morgan fingerprint density at radius 3 is 2.69 bits per heavy atom. The summed E-state index contributed by atoms with van der Waals surface area (Å²) in [5.74, 6) is 0. The highest BCUT2D eigenvalue weighted by atomic mass is 16.2. The van der Waals surface area contributed by atoms with Crippen molar-refractivity contribution in [1.29, 1.82) is 0 Å². The summed E-state index contributed by atoms with van der Waals surface area (Å²) in [4.78, 5) is 13.6. The van der Waals surface area contributed by atoms with E-state index in [0.717, 1.165) is 11.3 Å². The van der Waals surface area contributed by atoms with Crippen LogP contribution in [0.3, 0.4) is 0 Å². The zero-order chi connectivity index (χ0) is 11.8. The van der Waals surface area contributed by atoms with E-state index in [1.165, 1.54) is 0 Å². The van der Waals surface area contributed by atoms with Crippen molar-refractivity contribution >= 4 is 11.7 Å². The molecule has 1 heterocycles. The number of carbonyl (C=O) groups is 1. The van der Waals surface area contributed by atoms with Crippen molar-refractivity contribution in [2.45, 2.75) is 25.9 Å². The van der Waals surface area contributed by atoms with Crippen molar-refractivity contribution in [1.82, 2.24) is 5.32 Å². The standard InChI is InChI=1S/C12H17N3O/c1-12(2)8-14-11(16)15(12)10-6-4-3-5-9(10)7-13/h3-6H,7-8,13H2,1-2H3,(H,14,16). The van der Waals surface area contributed by atoms with Crippen LogP contribution < -0.4 is 16.0 Å². The first-order valence-electron chi connectivity index (χ1n) is 5.42. The van der Waals surface area contributed by atoms with Crippen LogP contribution in [0.1, 0.15) is 19.4 Å². The van der Waals surface area contributed by atoms with Gasteiger partial charge in [0.2, 0.25) is 0 Å². The molecule has 0 atom stereocenters. The van der Waals surface area contributed by atoms with Crippen molar-refractivity contribution in [3.05, 3.63) is 29.8 Å². The summed E-state index contributed by atoms with van der Waals surface area (Å²) in [7, 11) is 0. The number of hydrogen-bond acceptors (Lipinski definition) is 2. The van der Waals surface area contributed by atoms with Gasteiger partial charge in [-0.2, -0.15) is 0 Å². The highest BCUT2D eigenvalue weighted by Crippen LogP contribution is 2.30. The first-order valence-corrected chi connectivity index (χ1v) is 5.42. The molecule has 0 radical (unpaired) electrons. The monoisotopic (exact) mass is 219 g/mol. The van der Waals surface area contributed by atoms with E-state index < -0.39 is 0 Å². The molecule has 3 N–H and O–H groups in total. The fourth-order valence-electron chi connectivity index (χ4n) is 2.06. The molecule has 1 aromatic carbocycles. The summed E-state index contributed by atoms with van der Waals surface area (Å²) >= 11 is 0. The number of rotatable bonds is 2. The Balaban J connectivity index is 2.46. The molecular weight excluding hydrogens is 202 g/mol. The van der Waals surface area contributed by atoms with Gasteiger partial charge < -0.3 is 11.1 Å². The lowest BCUT2D eigenvalue weighted by Crippen LogP contribution is -2.42. The van der Waals surface area contributed by atoms with Gasteiger partial charge in [-0.1, -0.05) is 18.2 Å². The Morgan fingerprint density at radius 1 is 1.44 bits per heavy atom. The predicted molar refractivity (Wildman–Crippen MR) is 64.3 cm³/mol. The minimum Gasteiger partial charge on any atom is -0.335 e. The fourth-order valence-corrected chi connectivity index (χ4v) is 2.06. The quantitative estimate of drug-likeness (QED) is 0.791. The van der Waals surface area contributed by atoms with Gasteiger partial charge in [0.05, 0.1) is 11.2 Å². The van der Waals surface area contributed by atoms with Crippen LogP contribution in [-0.4, -0.2) is 18.1 Å². The minimum atomic E-state index is -0.206. The number of para-hydroxylation sites is 1. The molecule has 0 unspecified atom stereocenters. The van der Waals surface area contributed by atoms with Crippen molar-refractivity contribution in [3.8, 4) is 0 Å². The van der Waals surface area contributed by atoms with Crippen LogP contribution in [0.2, 0.25) is 0 Å². The van der Waals surface area contributed by atoms with Crippen LogP contribution >= 0.6 is 0 Å². The average Bonchev–Trinajstić information content (AvgIpc) is 2.53. The molecule has 0 bridgehead atoms. The molecule has 4 heteroatoms. The van der Waals surface area contributed by atoms with Gasteiger partial charge in [0.15, 0.2) is 0 Å². The molecule has 16 heavy (non-hydrogen) atoms. The molecule has 1 aliphatic heterocycles. The maximum atomic E-state index is 11.8. The smallest absolute Gasteiger partial charge is 0.322 e. The molecule has 0 aliphatic carbocycles. The second kappa shape index (κ2) is 3.79. The second-order valence-electron chi connectivity index (χ2n) is 4.64. The summed E-state index contributed by atoms with van der Waals surface area (Å²) in [6, 6.07) is 7.71. The SMILES string of the molecule is CC1(C)CNC(=O)N1c1ccccc1CN. The number of carbonyl (C=O) groups excluding carboxylic acids is 1. The van der Waals surface area contributed by atoms with E-state index in [9.17, 15) is 4.79 Å². The third kappa shape index (κ3) is 1.65. The zero-order valence-electron chi connectivity index (χ0n) is 9.66. The summed E-state index contributed by atoms with van der Waals surface area (Å²) in [6.07, 6.45) is 0. The Morgan fingerprint density at radius 2 is 2.12 bits per heavy atom. The number of nitrogens with one attached hydrogen (secondary N) is 1. The lowest BCUT2D eigenvalue weighted by molar-refractivity contribution is 0.251. The summed E-state index contributed by atoms with van der Waals surface area (Å²) < 4.78 is 0. The van der Waals surface area contributed by atoms with E-state index in [-0.39, 0.29) is 11.6 Å². The Labute approximate surface area is 95.4 Å². The number of hydrogen-bond donors (Lipinski definition) is 2. The van der Waals surface area contributed by atoms with E-state index >= 15 is 0 Å². The van der Waals surface area contributed by atoms with Crippen molar-refractivity contribution < 1.29 is 4.79 Å². The van der Waals surface area contributed by atoms with E-state index in [1.54, 1.807) is 4.90 Å².